The molecular formula is C21H18F6N2O2. The molecule has 0 atom stereocenters. The summed E-state index contributed by atoms with van der Waals surface area (Å²) >= 11 is 0. The summed E-state index contributed by atoms with van der Waals surface area (Å²) in [5.74, 6) is 0.163. The molecule has 31 heavy (non-hydrogen) atoms. The summed E-state index contributed by atoms with van der Waals surface area (Å²) in [6, 6.07) is 6.33. The standard InChI is InChI=1S/C21H18F6N2O2/c1-11(30)28-6-5-16-17-10-15(31-2)3-4-18(17)29-19(16)12-7-13(20(22,23)24)9-14(8-12)21(25,26)27/h3-4,7-10,29H,5-6H2,1-2H3,(H,28,30). The molecule has 3 rings (SSSR count). The lowest BCUT2D eigenvalue weighted by Gasteiger charge is -2.15. The van der Waals surface area contributed by atoms with Gasteiger partial charge in [-0.05, 0) is 53.9 Å². The second-order valence-corrected chi connectivity index (χ2v) is 6.92. The van der Waals surface area contributed by atoms with Crippen molar-refractivity contribution in [3.05, 3.63) is 53.1 Å². The van der Waals surface area contributed by atoms with E-state index in [1.807, 2.05) is 0 Å². The first kappa shape index (κ1) is 22.5. The van der Waals surface area contributed by atoms with Gasteiger partial charge in [0.1, 0.15) is 5.75 Å². The number of carbonyl (C=O) groups excluding carboxylic acids is 1. The van der Waals surface area contributed by atoms with Crippen molar-refractivity contribution in [3.8, 4) is 17.0 Å². The van der Waals surface area contributed by atoms with Gasteiger partial charge in [0, 0.05) is 30.1 Å². The Kier molecular flexibility index (Phi) is 5.93. The summed E-state index contributed by atoms with van der Waals surface area (Å²) in [7, 11) is 1.44. The maximum absolute atomic E-state index is 13.3. The van der Waals surface area contributed by atoms with E-state index < -0.39 is 23.5 Å². The Hall–Kier alpha value is -3.17. The van der Waals surface area contributed by atoms with Crippen LogP contribution in [-0.4, -0.2) is 24.5 Å². The number of H-pyrrole nitrogens is 1. The average molecular weight is 444 g/mol. The second-order valence-electron chi connectivity index (χ2n) is 6.92. The maximum atomic E-state index is 13.3. The van der Waals surface area contributed by atoms with Crippen LogP contribution in [0.1, 0.15) is 23.6 Å². The maximum Gasteiger partial charge on any atom is 0.416 e. The number of hydrogen-bond donors (Lipinski definition) is 2. The van der Waals surface area contributed by atoms with Gasteiger partial charge in [-0.2, -0.15) is 26.3 Å². The summed E-state index contributed by atoms with van der Waals surface area (Å²) in [6.07, 6.45) is -9.73. The van der Waals surface area contributed by atoms with Gasteiger partial charge in [0.2, 0.25) is 5.91 Å². The molecule has 10 heteroatoms. The first-order chi connectivity index (χ1) is 14.4. The van der Waals surface area contributed by atoms with Crippen LogP contribution in [0.15, 0.2) is 36.4 Å². The van der Waals surface area contributed by atoms with Crippen LogP contribution in [0, 0.1) is 0 Å². The molecule has 0 saturated carbocycles. The number of aromatic amines is 1. The van der Waals surface area contributed by atoms with Crippen LogP contribution in [0.4, 0.5) is 26.3 Å². The zero-order valence-corrected chi connectivity index (χ0v) is 16.5. The van der Waals surface area contributed by atoms with Crippen LogP contribution in [0.25, 0.3) is 22.2 Å². The Morgan fingerprint density at radius 1 is 1.00 bits per heavy atom. The van der Waals surface area contributed by atoms with Gasteiger partial charge >= 0.3 is 12.4 Å². The number of ether oxygens (including phenoxy) is 1. The number of nitrogens with one attached hydrogen (secondary N) is 2. The van der Waals surface area contributed by atoms with Crippen molar-refractivity contribution in [2.75, 3.05) is 13.7 Å². The summed E-state index contributed by atoms with van der Waals surface area (Å²) < 4.78 is 85.0. The van der Waals surface area contributed by atoms with Gasteiger partial charge in [-0.15, -0.1) is 0 Å². The monoisotopic (exact) mass is 444 g/mol. The number of aromatic nitrogens is 1. The molecule has 0 spiro atoms. The van der Waals surface area contributed by atoms with Crippen molar-refractivity contribution in [1.82, 2.24) is 10.3 Å². The van der Waals surface area contributed by atoms with Crippen molar-refractivity contribution >= 4 is 16.8 Å². The van der Waals surface area contributed by atoms with Crippen LogP contribution in [0.5, 0.6) is 5.75 Å². The molecule has 2 N–H and O–H groups in total. The highest BCUT2D eigenvalue weighted by molar-refractivity contribution is 5.92. The molecule has 0 saturated heterocycles. The normalized spacial score (nSPS) is 12.3. The number of benzene rings is 2. The minimum atomic E-state index is -4.96. The lowest BCUT2D eigenvalue weighted by atomic mass is 9.98. The van der Waals surface area contributed by atoms with Gasteiger partial charge in [0.25, 0.3) is 0 Å². The molecule has 0 unspecified atom stereocenters. The molecule has 0 radical (unpaired) electrons. The van der Waals surface area contributed by atoms with Crippen LogP contribution >= 0.6 is 0 Å². The molecule has 1 aromatic heterocycles. The van der Waals surface area contributed by atoms with Gasteiger partial charge in [0.05, 0.1) is 18.2 Å². The van der Waals surface area contributed by atoms with E-state index in [1.54, 1.807) is 18.2 Å². The third-order valence-electron chi connectivity index (χ3n) is 4.74. The van der Waals surface area contributed by atoms with Gasteiger partial charge in [-0.25, -0.2) is 0 Å². The number of carbonyl (C=O) groups is 1. The number of methoxy groups -OCH3 is 1. The Labute approximate surface area is 173 Å². The molecule has 0 aliphatic carbocycles. The van der Waals surface area contributed by atoms with Crippen LogP contribution in [0.2, 0.25) is 0 Å². The smallest absolute Gasteiger partial charge is 0.416 e. The Morgan fingerprint density at radius 3 is 2.13 bits per heavy atom. The number of alkyl halides is 6. The molecule has 2 aromatic carbocycles. The molecule has 4 nitrogen and oxygen atoms in total. The highest BCUT2D eigenvalue weighted by atomic mass is 19.4. The van der Waals surface area contributed by atoms with E-state index in [0.29, 0.717) is 34.3 Å². The van der Waals surface area contributed by atoms with Gasteiger partial charge in [-0.1, -0.05) is 0 Å². The van der Waals surface area contributed by atoms with E-state index in [2.05, 4.69) is 10.3 Å². The minimum Gasteiger partial charge on any atom is -0.497 e. The van der Waals surface area contributed by atoms with Crippen molar-refractivity contribution < 1.29 is 35.9 Å². The van der Waals surface area contributed by atoms with E-state index in [9.17, 15) is 31.1 Å². The summed E-state index contributed by atoms with van der Waals surface area (Å²) in [5.41, 5.74) is -1.96. The molecule has 0 fully saturated rings. The third kappa shape index (κ3) is 4.95. The van der Waals surface area contributed by atoms with Crippen LogP contribution in [0.3, 0.4) is 0 Å². The lowest BCUT2D eigenvalue weighted by Crippen LogP contribution is -2.22. The molecule has 166 valence electrons. The summed E-state index contributed by atoms with van der Waals surface area (Å²) in [4.78, 5) is 14.1. The number of halogens is 6. The topological polar surface area (TPSA) is 54.1 Å². The average Bonchev–Trinajstić information content (AvgIpc) is 3.04. The highest BCUT2D eigenvalue weighted by Gasteiger charge is 2.37. The fourth-order valence-electron chi connectivity index (χ4n) is 3.32. The Morgan fingerprint density at radius 2 is 1.61 bits per heavy atom. The zero-order valence-electron chi connectivity index (χ0n) is 16.5. The number of amides is 1. The number of hydrogen-bond acceptors (Lipinski definition) is 2. The second kappa shape index (κ2) is 8.16. The zero-order chi connectivity index (χ0) is 23.0. The van der Waals surface area contributed by atoms with Gasteiger partial charge < -0.3 is 15.0 Å². The first-order valence-corrected chi connectivity index (χ1v) is 9.13. The van der Waals surface area contributed by atoms with Gasteiger partial charge in [-0.3, -0.25) is 4.79 Å². The van der Waals surface area contributed by atoms with Crippen molar-refractivity contribution in [2.24, 2.45) is 0 Å². The fraction of sp³-hybridized carbons (Fsp3) is 0.286. The van der Waals surface area contributed by atoms with Crippen molar-refractivity contribution in [2.45, 2.75) is 25.7 Å². The van der Waals surface area contributed by atoms with E-state index >= 15 is 0 Å². The molecule has 0 aliphatic rings. The molecule has 1 heterocycles. The summed E-state index contributed by atoms with van der Waals surface area (Å²) in [5, 5.41) is 3.16. The van der Waals surface area contributed by atoms with Crippen molar-refractivity contribution in [3.63, 3.8) is 0 Å². The lowest BCUT2D eigenvalue weighted by molar-refractivity contribution is -0.143. The predicted octanol–water partition coefficient (Wildman–Crippen LogP) is 5.56. The Bertz CT molecular complexity index is 1080. The third-order valence-corrected chi connectivity index (χ3v) is 4.74. The molecule has 0 aliphatic heterocycles. The highest BCUT2D eigenvalue weighted by Crippen LogP contribution is 2.40. The number of rotatable bonds is 5. The largest absolute Gasteiger partial charge is 0.497 e. The molecule has 3 aromatic rings. The first-order valence-electron chi connectivity index (χ1n) is 9.13. The van der Waals surface area contributed by atoms with E-state index in [1.165, 1.54) is 14.0 Å². The minimum absolute atomic E-state index is 0.0894. The SMILES string of the molecule is COc1ccc2[nH]c(-c3cc(C(F)(F)F)cc(C(F)(F)F)c3)c(CCNC(C)=O)c2c1. The summed E-state index contributed by atoms with van der Waals surface area (Å²) in [6.45, 7) is 1.46. The molecular weight excluding hydrogens is 426 g/mol. The van der Waals surface area contributed by atoms with Crippen LogP contribution < -0.4 is 10.1 Å². The number of fused-ring (bicyclic) bond motifs is 1. The molecule has 1 amide bonds. The fourth-order valence-corrected chi connectivity index (χ4v) is 3.32. The van der Waals surface area contributed by atoms with Crippen molar-refractivity contribution in [1.29, 1.82) is 0 Å². The van der Waals surface area contributed by atoms with E-state index in [0.717, 1.165) is 0 Å². The van der Waals surface area contributed by atoms with E-state index in [-0.39, 0.29) is 36.2 Å². The van der Waals surface area contributed by atoms with Gasteiger partial charge in [0.15, 0.2) is 0 Å². The quantitative estimate of drug-likeness (QED) is 0.507. The molecule has 0 bridgehead atoms. The Balaban J connectivity index is 2.24. The predicted molar refractivity (Wildman–Crippen MR) is 103 cm³/mol. The van der Waals surface area contributed by atoms with Crippen LogP contribution in [-0.2, 0) is 23.6 Å². The van der Waals surface area contributed by atoms with E-state index in [4.69, 9.17) is 4.74 Å².